The molecule has 0 aliphatic heterocycles. The van der Waals surface area contributed by atoms with Gasteiger partial charge in [-0.25, -0.2) is 9.97 Å². The number of amides is 1. The van der Waals surface area contributed by atoms with Crippen LogP contribution in [-0.2, 0) is 0 Å². The number of hydrogen-bond donors (Lipinski definition) is 1. The fraction of sp³-hybridized carbons (Fsp3) is 0.240. The van der Waals surface area contributed by atoms with E-state index in [0.29, 0.717) is 29.2 Å². The van der Waals surface area contributed by atoms with Gasteiger partial charge in [0.05, 0.1) is 5.56 Å². The van der Waals surface area contributed by atoms with Crippen molar-refractivity contribution in [1.29, 1.82) is 0 Å². The number of nitrogens with one attached hydrogen (secondary N) is 1. The summed E-state index contributed by atoms with van der Waals surface area (Å²) in [6.07, 6.45) is 11.6. The van der Waals surface area contributed by atoms with Crippen molar-refractivity contribution in [2.24, 2.45) is 0 Å². The Labute approximate surface area is 182 Å². The minimum atomic E-state index is -0.192. The van der Waals surface area contributed by atoms with Gasteiger partial charge in [0, 0.05) is 42.0 Å². The standard InChI is InChI=1S/C25H26N4O2/c1-17-7-9-20(10-12-21(11-8-17)31-23-6-4-5-14-26-23)28-25(30)22-13-15-29-19(3)16-18(2)27-24(22)29/h4-7,9-10,13-16,21H,1,8,11-12H2,2-3H3,(H,28,30)/b9-7-,20-10+. The maximum atomic E-state index is 13.0. The van der Waals surface area contributed by atoms with E-state index in [-0.39, 0.29) is 12.0 Å². The van der Waals surface area contributed by atoms with E-state index in [1.165, 1.54) is 0 Å². The third-order valence-electron chi connectivity index (χ3n) is 5.25. The first-order chi connectivity index (χ1) is 15.0. The lowest BCUT2D eigenvalue weighted by atomic mass is 10.1. The maximum absolute atomic E-state index is 13.0. The average molecular weight is 415 g/mol. The third-order valence-corrected chi connectivity index (χ3v) is 5.25. The van der Waals surface area contributed by atoms with E-state index in [1.54, 1.807) is 12.3 Å². The molecule has 1 amide bonds. The largest absolute Gasteiger partial charge is 0.474 e. The first-order valence-electron chi connectivity index (χ1n) is 10.4. The van der Waals surface area contributed by atoms with Gasteiger partial charge >= 0.3 is 0 Å². The van der Waals surface area contributed by atoms with E-state index in [4.69, 9.17) is 4.74 Å². The Bertz CT molecular complexity index is 1170. The topological polar surface area (TPSA) is 68.5 Å². The lowest BCUT2D eigenvalue weighted by molar-refractivity contribution is 0.0968. The molecule has 0 saturated heterocycles. The van der Waals surface area contributed by atoms with Crippen LogP contribution in [0.25, 0.3) is 5.65 Å². The first-order valence-corrected chi connectivity index (χ1v) is 10.4. The van der Waals surface area contributed by atoms with Crippen molar-refractivity contribution in [3.63, 3.8) is 0 Å². The van der Waals surface area contributed by atoms with Gasteiger partial charge in [-0.2, -0.15) is 0 Å². The highest BCUT2D eigenvalue weighted by Gasteiger charge is 2.17. The maximum Gasteiger partial charge on any atom is 0.259 e. The lowest BCUT2D eigenvalue weighted by Crippen LogP contribution is -2.23. The number of carbonyl (C=O) groups is 1. The summed E-state index contributed by atoms with van der Waals surface area (Å²) in [6, 6.07) is 9.40. The van der Waals surface area contributed by atoms with Crippen molar-refractivity contribution in [2.75, 3.05) is 0 Å². The molecule has 4 rings (SSSR count). The van der Waals surface area contributed by atoms with E-state index in [9.17, 15) is 4.79 Å². The van der Waals surface area contributed by atoms with Crippen molar-refractivity contribution in [3.05, 3.63) is 95.8 Å². The summed E-state index contributed by atoms with van der Waals surface area (Å²) in [7, 11) is 0. The van der Waals surface area contributed by atoms with Crippen molar-refractivity contribution in [2.45, 2.75) is 39.2 Å². The Kier molecular flexibility index (Phi) is 5.98. The van der Waals surface area contributed by atoms with Crippen LogP contribution in [0.4, 0.5) is 0 Å². The van der Waals surface area contributed by atoms with Crippen molar-refractivity contribution < 1.29 is 9.53 Å². The van der Waals surface area contributed by atoms with Crippen LogP contribution < -0.4 is 10.1 Å². The molecule has 6 nitrogen and oxygen atoms in total. The zero-order valence-corrected chi connectivity index (χ0v) is 17.8. The molecule has 1 aliphatic carbocycles. The van der Waals surface area contributed by atoms with Gasteiger partial charge in [0.1, 0.15) is 11.8 Å². The minimum absolute atomic E-state index is 0.0549. The molecular formula is C25H26N4O2. The van der Waals surface area contributed by atoms with Gasteiger partial charge in [-0.15, -0.1) is 0 Å². The van der Waals surface area contributed by atoms with Crippen LogP contribution in [-0.4, -0.2) is 26.4 Å². The Balaban J connectivity index is 1.55. The molecule has 3 aromatic heterocycles. The summed E-state index contributed by atoms with van der Waals surface area (Å²) in [5, 5.41) is 3.02. The van der Waals surface area contributed by atoms with Gasteiger partial charge in [-0.3, -0.25) is 4.79 Å². The second kappa shape index (κ2) is 9.00. The molecule has 31 heavy (non-hydrogen) atoms. The third kappa shape index (κ3) is 4.91. The van der Waals surface area contributed by atoms with Crippen LogP contribution in [0.5, 0.6) is 5.88 Å². The number of rotatable bonds is 4. The molecule has 0 aromatic carbocycles. The number of allylic oxidation sites excluding steroid dienone is 3. The van der Waals surface area contributed by atoms with Gasteiger partial charge in [-0.1, -0.05) is 30.4 Å². The van der Waals surface area contributed by atoms with Crippen LogP contribution >= 0.6 is 0 Å². The number of carbonyl (C=O) groups excluding carboxylic acids is 1. The zero-order valence-electron chi connectivity index (χ0n) is 17.8. The molecule has 1 aliphatic rings. The lowest BCUT2D eigenvalue weighted by Gasteiger charge is -2.17. The smallest absolute Gasteiger partial charge is 0.259 e. The number of aromatic nitrogens is 3. The summed E-state index contributed by atoms with van der Waals surface area (Å²) in [5.74, 6) is 0.407. The number of hydrogen-bond acceptors (Lipinski definition) is 4. The number of ether oxygens (including phenoxy) is 1. The van der Waals surface area contributed by atoms with Crippen molar-refractivity contribution in [3.8, 4) is 5.88 Å². The summed E-state index contributed by atoms with van der Waals surface area (Å²) >= 11 is 0. The Morgan fingerprint density at radius 1 is 1.26 bits per heavy atom. The highest BCUT2D eigenvalue weighted by molar-refractivity contribution is 6.01. The van der Waals surface area contributed by atoms with Crippen molar-refractivity contribution in [1.82, 2.24) is 19.7 Å². The average Bonchev–Trinajstić information content (AvgIpc) is 3.20. The molecule has 0 radical (unpaired) electrons. The summed E-state index contributed by atoms with van der Waals surface area (Å²) in [4.78, 5) is 21.9. The molecule has 3 heterocycles. The van der Waals surface area contributed by atoms with Crippen LogP contribution in [0.3, 0.4) is 0 Å². The predicted octanol–water partition coefficient (Wildman–Crippen LogP) is 4.70. The fourth-order valence-corrected chi connectivity index (χ4v) is 3.64. The van der Waals surface area contributed by atoms with Crippen LogP contribution in [0, 0.1) is 13.8 Å². The number of pyridine rings is 1. The number of aryl methyl sites for hydroxylation is 2. The van der Waals surface area contributed by atoms with Crippen LogP contribution in [0.2, 0.25) is 0 Å². The van der Waals surface area contributed by atoms with E-state index in [2.05, 4.69) is 21.9 Å². The van der Waals surface area contributed by atoms with Gasteiger partial charge < -0.3 is 14.5 Å². The molecule has 158 valence electrons. The van der Waals surface area contributed by atoms with Gasteiger partial charge in [-0.05, 0) is 51.0 Å². The van der Waals surface area contributed by atoms with Crippen LogP contribution in [0.1, 0.15) is 41.0 Å². The Morgan fingerprint density at radius 3 is 2.94 bits per heavy atom. The van der Waals surface area contributed by atoms with Gasteiger partial charge in [0.2, 0.25) is 5.88 Å². The van der Waals surface area contributed by atoms with E-state index in [1.807, 2.05) is 66.9 Å². The summed E-state index contributed by atoms with van der Waals surface area (Å²) < 4.78 is 7.98. The molecule has 0 saturated carbocycles. The highest BCUT2D eigenvalue weighted by Crippen LogP contribution is 2.20. The molecule has 0 spiro atoms. The van der Waals surface area contributed by atoms with E-state index in [0.717, 1.165) is 29.8 Å². The second-order valence-electron chi connectivity index (χ2n) is 7.75. The SMILES string of the molecule is C=C1/C=C\C(NC(=O)c2ccn3c(C)cc(C)nc23)=C/CC(Oc2ccccn2)CC1. The van der Waals surface area contributed by atoms with E-state index < -0.39 is 0 Å². The molecular weight excluding hydrogens is 388 g/mol. The molecule has 0 fully saturated rings. The minimum Gasteiger partial charge on any atom is -0.474 e. The van der Waals surface area contributed by atoms with Gasteiger partial charge in [0.15, 0.2) is 0 Å². The van der Waals surface area contributed by atoms with E-state index >= 15 is 0 Å². The second-order valence-corrected chi connectivity index (χ2v) is 7.75. The molecule has 1 unspecified atom stereocenters. The molecule has 1 N–H and O–H groups in total. The predicted molar refractivity (Wildman–Crippen MR) is 121 cm³/mol. The monoisotopic (exact) mass is 414 g/mol. The number of nitrogens with zero attached hydrogens (tertiary/aromatic N) is 3. The van der Waals surface area contributed by atoms with Crippen LogP contribution in [0.15, 0.2) is 78.8 Å². The molecule has 3 aromatic rings. The highest BCUT2D eigenvalue weighted by atomic mass is 16.5. The Morgan fingerprint density at radius 2 is 2.13 bits per heavy atom. The number of fused-ring (bicyclic) bond motifs is 1. The summed E-state index contributed by atoms with van der Waals surface area (Å²) in [6.45, 7) is 8.04. The van der Waals surface area contributed by atoms with Crippen molar-refractivity contribution >= 4 is 11.6 Å². The molecule has 0 bridgehead atoms. The Hall–Kier alpha value is -3.67. The first kappa shape index (κ1) is 20.6. The molecule has 1 atom stereocenters. The zero-order chi connectivity index (χ0) is 21.8. The normalized spacial score (nSPS) is 19.6. The quantitative estimate of drug-likeness (QED) is 0.672. The molecule has 6 heteroatoms. The fourth-order valence-electron chi connectivity index (χ4n) is 3.64. The summed E-state index contributed by atoms with van der Waals surface area (Å²) in [5.41, 5.74) is 4.81. The van der Waals surface area contributed by atoms with Gasteiger partial charge in [0.25, 0.3) is 5.91 Å².